The van der Waals surface area contributed by atoms with E-state index in [2.05, 4.69) is 4.98 Å². The molecule has 0 bridgehead atoms. The molecule has 3 rings (SSSR count). The standard InChI is InChI=1S/C19H20N2O4/c22-18(15-6-7-17(19(23)24)20-12-15)21(16-9-11-25-13-16)10-8-14-4-2-1-3-5-14/h1-7,12,16H,8-11,13H2,(H,23,24). The molecule has 0 aliphatic carbocycles. The van der Waals surface area contributed by atoms with Crippen LogP contribution in [0.1, 0.15) is 32.8 Å². The fourth-order valence-electron chi connectivity index (χ4n) is 2.92. The molecule has 2 aromatic rings. The Labute approximate surface area is 146 Å². The van der Waals surface area contributed by atoms with E-state index in [1.54, 1.807) is 0 Å². The summed E-state index contributed by atoms with van der Waals surface area (Å²) in [5.41, 5.74) is 1.49. The van der Waals surface area contributed by atoms with Crippen molar-refractivity contribution in [1.29, 1.82) is 0 Å². The molecule has 6 heteroatoms. The second-order valence-corrected chi connectivity index (χ2v) is 5.99. The topological polar surface area (TPSA) is 79.7 Å². The smallest absolute Gasteiger partial charge is 0.354 e. The van der Waals surface area contributed by atoms with E-state index in [9.17, 15) is 9.59 Å². The summed E-state index contributed by atoms with van der Waals surface area (Å²) in [4.78, 5) is 29.5. The zero-order valence-electron chi connectivity index (χ0n) is 13.8. The Morgan fingerprint density at radius 1 is 1.20 bits per heavy atom. The first-order chi connectivity index (χ1) is 12.1. The number of carboxylic acid groups (broad SMARTS) is 1. The number of carboxylic acids is 1. The number of carbonyl (C=O) groups is 2. The van der Waals surface area contributed by atoms with Gasteiger partial charge in [-0.1, -0.05) is 30.3 Å². The minimum Gasteiger partial charge on any atom is -0.477 e. The van der Waals surface area contributed by atoms with E-state index >= 15 is 0 Å². The van der Waals surface area contributed by atoms with Crippen molar-refractivity contribution < 1.29 is 19.4 Å². The van der Waals surface area contributed by atoms with E-state index in [4.69, 9.17) is 9.84 Å². The van der Waals surface area contributed by atoms with Gasteiger partial charge in [-0.3, -0.25) is 4.79 Å². The van der Waals surface area contributed by atoms with Crippen LogP contribution < -0.4 is 0 Å². The highest BCUT2D eigenvalue weighted by Gasteiger charge is 2.28. The number of aromatic carboxylic acids is 1. The van der Waals surface area contributed by atoms with Crippen molar-refractivity contribution in [3.05, 3.63) is 65.5 Å². The molecule has 1 atom stereocenters. The second-order valence-electron chi connectivity index (χ2n) is 5.99. The molecule has 1 aliphatic heterocycles. The number of ether oxygens (including phenoxy) is 1. The van der Waals surface area contributed by atoms with Crippen LogP contribution in [-0.2, 0) is 11.2 Å². The van der Waals surface area contributed by atoms with Gasteiger partial charge in [-0.05, 0) is 30.5 Å². The van der Waals surface area contributed by atoms with Gasteiger partial charge in [0, 0.05) is 19.3 Å². The Morgan fingerprint density at radius 2 is 2.00 bits per heavy atom. The third-order valence-corrected chi connectivity index (χ3v) is 4.32. The number of aromatic nitrogens is 1. The molecule has 1 aromatic heterocycles. The zero-order chi connectivity index (χ0) is 17.6. The number of carbonyl (C=O) groups excluding carboxylic acids is 1. The molecule has 25 heavy (non-hydrogen) atoms. The monoisotopic (exact) mass is 340 g/mol. The molecule has 130 valence electrons. The van der Waals surface area contributed by atoms with Gasteiger partial charge in [0.1, 0.15) is 5.69 Å². The molecule has 1 unspecified atom stereocenters. The van der Waals surface area contributed by atoms with E-state index in [1.165, 1.54) is 23.9 Å². The highest BCUT2D eigenvalue weighted by molar-refractivity contribution is 5.95. The molecule has 1 amide bonds. The van der Waals surface area contributed by atoms with Crippen LogP contribution in [0.25, 0.3) is 0 Å². The number of rotatable bonds is 6. The van der Waals surface area contributed by atoms with Gasteiger partial charge in [0.2, 0.25) is 0 Å². The normalized spacial score (nSPS) is 16.6. The summed E-state index contributed by atoms with van der Waals surface area (Å²) < 4.78 is 5.44. The molecule has 1 aliphatic rings. The van der Waals surface area contributed by atoms with E-state index < -0.39 is 5.97 Å². The van der Waals surface area contributed by atoms with Gasteiger partial charge in [0.25, 0.3) is 5.91 Å². The van der Waals surface area contributed by atoms with E-state index in [1.807, 2.05) is 35.2 Å². The van der Waals surface area contributed by atoms with Crippen molar-refractivity contribution in [2.45, 2.75) is 18.9 Å². The molecular weight excluding hydrogens is 320 g/mol. The third kappa shape index (κ3) is 4.22. The lowest BCUT2D eigenvalue weighted by molar-refractivity contribution is 0.0650. The van der Waals surface area contributed by atoms with E-state index in [0.717, 1.165) is 12.8 Å². The number of nitrogens with zero attached hydrogens (tertiary/aromatic N) is 2. The molecular formula is C19H20N2O4. The molecule has 1 fully saturated rings. The highest BCUT2D eigenvalue weighted by atomic mass is 16.5. The average Bonchev–Trinajstić information content (AvgIpc) is 3.17. The summed E-state index contributed by atoms with van der Waals surface area (Å²) in [5, 5.41) is 8.93. The van der Waals surface area contributed by atoms with Crippen molar-refractivity contribution in [1.82, 2.24) is 9.88 Å². The first-order valence-corrected chi connectivity index (χ1v) is 8.27. The maximum Gasteiger partial charge on any atom is 0.354 e. The number of amides is 1. The first-order valence-electron chi connectivity index (χ1n) is 8.27. The zero-order valence-corrected chi connectivity index (χ0v) is 13.8. The molecule has 1 saturated heterocycles. The fraction of sp³-hybridized carbons (Fsp3) is 0.316. The SMILES string of the molecule is O=C(O)c1ccc(C(=O)N(CCc2ccccc2)C2CCOC2)cn1. The fourth-order valence-corrected chi connectivity index (χ4v) is 2.92. The van der Waals surface area contributed by atoms with Gasteiger partial charge in [0.15, 0.2) is 0 Å². The summed E-state index contributed by atoms with van der Waals surface area (Å²) in [5.74, 6) is -1.25. The Kier molecular flexibility index (Phi) is 5.40. The van der Waals surface area contributed by atoms with Crippen LogP contribution in [-0.4, -0.2) is 52.7 Å². The Hall–Kier alpha value is -2.73. The van der Waals surface area contributed by atoms with Crippen LogP contribution in [0.5, 0.6) is 0 Å². The summed E-state index contributed by atoms with van der Waals surface area (Å²) in [6.07, 6.45) is 2.89. The summed E-state index contributed by atoms with van der Waals surface area (Å²) in [7, 11) is 0. The Morgan fingerprint density at radius 3 is 2.60 bits per heavy atom. The average molecular weight is 340 g/mol. The summed E-state index contributed by atoms with van der Waals surface area (Å²) in [6.45, 7) is 1.76. The van der Waals surface area contributed by atoms with Crippen LogP contribution >= 0.6 is 0 Å². The van der Waals surface area contributed by atoms with Crippen molar-refractivity contribution in [2.75, 3.05) is 19.8 Å². The molecule has 6 nitrogen and oxygen atoms in total. The Bertz CT molecular complexity index is 725. The first kappa shape index (κ1) is 17.1. The van der Waals surface area contributed by atoms with Gasteiger partial charge in [-0.15, -0.1) is 0 Å². The van der Waals surface area contributed by atoms with Gasteiger partial charge < -0.3 is 14.7 Å². The van der Waals surface area contributed by atoms with Crippen molar-refractivity contribution >= 4 is 11.9 Å². The third-order valence-electron chi connectivity index (χ3n) is 4.32. The van der Waals surface area contributed by atoms with Crippen molar-refractivity contribution in [2.24, 2.45) is 0 Å². The second kappa shape index (κ2) is 7.90. The lowest BCUT2D eigenvalue weighted by Gasteiger charge is -2.28. The predicted octanol–water partition coefficient (Wildman–Crippen LogP) is 2.25. The van der Waals surface area contributed by atoms with Gasteiger partial charge in [-0.2, -0.15) is 0 Å². The lowest BCUT2D eigenvalue weighted by Crippen LogP contribution is -2.42. The number of benzene rings is 1. The molecule has 0 radical (unpaired) electrons. The maximum absolute atomic E-state index is 12.9. The van der Waals surface area contributed by atoms with Gasteiger partial charge in [0.05, 0.1) is 18.2 Å². The summed E-state index contributed by atoms with van der Waals surface area (Å²) in [6, 6.07) is 12.9. The maximum atomic E-state index is 12.9. The van der Waals surface area contributed by atoms with Crippen LogP contribution in [0.3, 0.4) is 0 Å². The van der Waals surface area contributed by atoms with Crippen molar-refractivity contribution in [3.63, 3.8) is 0 Å². The largest absolute Gasteiger partial charge is 0.477 e. The number of pyridine rings is 1. The van der Waals surface area contributed by atoms with Gasteiger partial charge >= 0.3 is 5.97 Å². The lowest BCUT2D eigenvalue weighted by atomic mass is 10.1. The van der Waals surface area contributed by atoms with E-state index in [-0.39, 0.29) is 17.6 Å². The molecule has 0 saturated carbocycles. The molecule has 2 heterocycles. The van der Waals surface area contributed by atoms with Crippen LogP contribution in [0.4, 0.5) is 0 Å². The number of hydrogen-bond donors (Lipinski definition) is 1. The van der Waals surface area contributed by atoms with Crippen LogP contribution in [0.2, 0.25) is 0 Å². The quantitative estimate of drug-likeness (QED) is 0.872. The van der Waals surface area contributed by atoms with E-state index in [0.29, 0.717) is 25.3 Å². The van der Waals surface area contributed by atoms with Crippen LogP contribution in [0, 0.1) is 0 Å². The molecule has 1 N–H and O–H groups in total. The summed E-state index contributed by atoms with van der Waals surface area (Å²) >= 11 is 0. The predicted molar refractivity (Wildman–Crippen MR) is 91.6 cm³/mol. The van der Waals surface area contributed by atoms with Crippen LogP contribution in [0.15, 0.2) is 48.7 Å². The highest BCUT2D eigenvalue weighted by Crippen LogP contribution is 2.17. The minimum atomic E-state index is -1.11. The van der Waals surface area contributed by atoms with Crippen molar-refractivity contribution in [3.8, 4) is 0 Å². The van der Waals surface area contributed by atoms with Gasteiger partial charge in [-0.25, -0.2) is 9.78 Å². The molecule has 1 aromatic carbocycles. The number of hydrogen-bond acceptors (Lipinski definition) is 4. The Balaban J connectivity index is 1.75. The minimum absolute atomic E-state index is 0.0374. The molecule has 0 spiro atoms.